The molecule has 23 heavy (non-hydrogen) atoms. The van der Waals surface area contributed by atoms with Gasteiger partial charge in [0, 0.05) is 6.20 Å². The number of aromatic nitrogens is 1. The molecule has 5 nitrogen and oxygen atoms in total. The van der Waals surface area contributed by atoms with Crippen molar-refractivity contribution in [1.29, 1.82) is 0 Å². The molecular formula is C15H17F3N2O3. The molecule has 0 radical (unpaired) electrons. The zero-order valence-corrected chi connectivity index (χ0v) is 12.5. The van der Waals surface area contributed by atoms with Crippen molar-refractivity contribution in [3.8, 4) is 0 Å². The Morgan fingerprint density at radius 3 is 2.35 bits per heavy atom. The molecular weight excluding hydrogens is 313 g/mol. The number of alkyl halides is 3. The summed E-state index contributed by atoms with van der Waals surface area (Å²) in [4.78, 5) is 26.9. The van der Waals surface area contributed by atoms with Gasteiger partial charge in [-0.1, -0.05) is 6.92 Å². The molecule has 1 aromatic rings. The Labute approximate surface area is 130 Å². The minimum Gasteiger partial charge on any atom is -0.480 e. The normalized spacial score (nSPS) is 25.0. The zero-order chi connectivity index (χ0) is 17.3. The molecule has 0 aliphatic heterocycles. The van der Waals surface area contributed by atoms with E-state index in [0.29, 0.717) is 37.7 Å². The monoisotopic (exact) mass is 330 g/mol. The van der Waals surface area contributed by atoms with Crippen LogP contribution in [0.2, 0.25) is 0 Å². The SMILES string of the molecule is CC1CCC(NC(=O)c2ccc(C(F)(F)F)nc2)(C(=O)O)CC1. The van der Waals surface area contributed by atoms with E-state index in [1.54, 1.807) is 0 Å². The molecule has 0 atom stereocenters. The first-order valence-corrected chi connectivity index (χ1v) is 7.23. The average Bonchev–Trinajstić information content (AvgIpc) is 2.49. The Bertz CT molecular complexity index is 591. The van der Waals surface area contributed by atoms with E-state index < -0.39 is 29.3 Å². The van der Waals surface area contributed by atoms with E-state index in [1.807, 2.05) is 6.92 Å². The van der Waals surface area contributed by atoms with Crippen molar-refractivity contribution < 1.29 is 27.9 Å². The van der Waals surface area contributed by atoms with Gasteiger partial charge in [-0.3, -0.25) is 9.78 Å². The van der Waals surface area contributed by atoms with Crippen LogP contribution in [-0.4, -0.2) is 27.5 Å². The molecule has 1 amide bonds. The lowest BCUT2D eigenvalue weighted by Gasteiger charge is -2.36. The van der Waals surface area contributed by atoms with Crippen LogP contribution in [0.5, 0.6) is 0 Å². The first-order chi connectivity index (χ1) is 10.6. The summed E-state index contributed by atoms with van der Waals surface area (Å²) in [6, 6.07) is 1.69. The smallest absolute Gasteiger partial charge is 0.433 e. The van der Waals surface area contributed by atoms with Gasteiger partial charge in [0.05, 0.1) is 5.56 Å². The van der Waals surface area contributed by atoms with Crippen molar-refractivity contribution in [3.63, 3.8) is 0 Å². The van der Waals surface area contributed by atoms with Crippen molar-refractivity contribution in [3.05, 3.63) is 29.6 Å². The van der Waals surface area contributed by atoms with Gasteiger partial charge in [-0.05, 0) is 43.7 Å². The van der Waals surface area contributed by atoms with Gasteiger partial charge in [0.25, 0.3) is 5.91 Å². The quantitative estimate of drug-likeness (QED) is 0.893. The van der Waals surface area contributed by atoms with Gasteiger partial charge in [-0.2, -0.15) is 13.2 Å². The van der Waals surface area contributed by atoms with Gasteiger partial charge in [0.15, 0.2) is 0 Å². The predicted octanol–water partition coefficient (Wildman–Crippen LogP) is 2.86. The van der Waals surface area contributed by atoms with Crippen molar-refractivity contribution in [2.75, 3.05) is 0 Å². The summed E-state index contributed by atoms with van der Waals surface area (Å²) < 4.78 is 37.4. The van der Waals surface area contributed by atoms with E-state index >= 15 is 0 Å². The van der Waals surface area contributed by atoms with E-state index in [9.17, 15) is 27.9 Å². The molecule has 1 heterocycles. The molecule has 2 N–H and O–H groups in total. The number of halogens is 3. The molecule has 0 aromatic carbocycles. The fourth-order valence-electron chi connectivity index (χ4n) is 2.63. The van der Waals surface area contributed by atoms with Crippen molar-refractivity contribution in [2.24, 2.45) is 5.92 Å². The van der Waals surface area contributed by atoms with Gasteiger partial charge in [0.2, 0.25) is 0 Å². The van der Waals surface area contributed by atoms with Crippen molar-refractivity contribution in [2.45, 2.75) is 44.3 Å². The fourth-order valence-corrected chi connectivity index (χ4v) is 2.63. The number of carboxylic acids is 1. The standard InChI is InChI=1S/C15H17F3N2O3/c1-9-4-6-14(7-5-9,13(22)23)20-12(21)10-2-3-11(19-8-10)15(16,17)18/h2-3,8-9H,4-7H2,1H3,(H,20,21)(H,22,23). The molecule has 0 bridgehead atoms. The Balaban J connectivity index is 2.15. The van der Waals surface area contributed by atoms with Crippen LogP contribution < -0.4 is 5.32 Å². The number of aliphatic carboxylic acids is 1. The minimum atomic E-state index is -4.59. The van der Waals surface area contributed by atoms with E-state index in [-0.39, 0.29) is 5.56 Å². The molecule has 1 saturated carbocycles. The molecule has 1 fully saturated rings. The lowest BCUT2D eigenvalue weighted by atomic mass is 9.77. The number of rotatable bonds is 3. The molecule has 126 valence electrons. The number of carboxylic acid groups (broad SMARTS) is 1. The van der Waals surface area contributed by atoms with Crippen LogP contribution in [0, 0.1) is 5.92 Å². The van der Waals surface area contributed by atoms with Crippen LogP contribution in [0.1, 0.15) is 48.7 Å². The van der Waals surface area contributed by atoms with Crippen molar-refractivity contribution >= 4 is 11.9 Å². The third kappa shape index (κ3) is 3.80. The molecule has 0 unspecified atom stereocenters. The highest BCUT2D eigenvalue weighted by Gasteiger charge is 2.42. The van der Waals surface area contributed by atoms with Crippen LogP contribution in [0.4, 0.5) is 13.2 Å². The van der Waals surface area contributed by atoms with Gasteiger partial charge in [-0.15, -0.1) is 0 Å². The maximum absolute atomic E-state index is 12.5. The first-order valence-electron chi connectivity index (χ1n) is 7.23. The second-order valence-electron chi connectivity index (χ2n) is 5.95. The summed E-state index contributed by atoms with van der Waals surface area (Å²) in [6.45, 7) is 2.01. The Morgan fingerprint density at radius 2 is 1.91 bits per heavy atom. The number of nitrogens with one attached hydrogen (secondary N) is 1. The predicted molar refractivity (Wildman–Crippen MR) is 74.7 cm³/mol. The summed E-state index contributed by atoms with van der Waals surface area (Å²) in [7, 11) is 0. The lowest BCUT2D eigenvalue weighted by Crippen LogP contribution is -2.56. The van der Waals surface area contributed by atoms with Gasteiger partial charge >= 0.3 is 12.1 Å². The Hall–Kier alpha value is -2.12. The van der Waals surface area contributed by atoms with Crippen LogP contribution in [0.25, 0.3) is 0 Å². The van der Waals surface area contributed by atoms with Crippen LogP contribution in [-0.2, 0) is 11.0 Å². The van der Waals surface area contributed by atoms with Crippen LogP contribution >= 0.6 is 0 Å². The largest absolute Gasteiger partial charge is 0.480 e. The number of amides is 1. The maximum atomic E-state index is 12.5. The molecule has 1 aromatic heterocycles. The minimum absolute atomic E-state index is 0.0998. The number of nitrogens with zero attached hydrogens (tertiary/aromatic N) is 1. The van der Waals surface area contributed by atoms with E-state index in [0.717, 1.165) is 12.3 Å². The number of carbonyl (C=O) groups is 2. The summed E-state index contributed by atoms with van der Waals surface area (Å²) in [6.07, 6.45) is -1.86. The van der Waals surface area contributed by atoms with Gasteiger partial charge < -0.3 is 10.4 Å². The third-order valence-electron chi connectivity index (χ3n) is 4.21. The Kier molecular flexibility index (Phi) is 4.63. The highest BCUT2D eigenvalue weighted by atomic mass is 19.4. The molecule has 8 heteroatoms. The average molecular weight is 330 g/mol. The van der Waals surface area contributed by atoms with E-state index in [1.165, 1.54) is 0 Å². The molecule has 2 rings (SSSR count). The zero-order valence-electron chi connectivity index (χ0n) is 12.5. The fraction of sp³-hybridized carbons (Fsp3) is 0.533. The summed E-state index contributed by atoms with van der Waals surface area (Å²) >= 11 is 0. The van der Waals surface area contributed by atoms with E-state index in [4.69, 9.17) is 0 Å². The summed E-state index contributed by atoms with van der Waals surface area (Å²) in [5.74, 6) is -1.48. The molecule has 0 spiro atoms. The van der Waals surface area contributed by atoms with Gasteiger partial charge in [0.1, 0.15) is 11.2 Å². The third-order valence-corrected chi connectivity index (χ3v) is 4.21. The number of hydrogen-bond donors (Lipinski definition) is 2. The number of carbonyl (C=O) groups excluding carboxylic acids is 1. The highest BCUT2D eigenvalue weighted by molar-refractivity contribution is 5.97. The second-order valence-corrected chi connectivity index (χ2v) is 5.95. The summed E-state index contributed by atoms with van der Waals surface area (Å²) in [5, 5.41) is 11.9. The summed E-state index contributed by atoms with van der Waals surface area (Å²) in [5.41, 5.74) is -2.57. The van der Waals surface area contributed by atoms with Gasteiger partial charge in [-0.25, -0.2) is 4.79 Å². The molecule has 1 aliphatic rings. The Morgan fingerprint density at radius 1 is 1.30 bits per heavy atom. The number of hydrogen-bond acceptors (Lipinski definition) is 3. The first kappa shape index (κ1) is 17.2. The second kappa shape index (κ2) is 6.17. The topological polar surface area (TPSA) is 79.3 Å². The molecule has 1 aliphatic carbocycles. The lowest BCUT2D eigenvalue weighted by molar-refractivity contribution is -0.146. The van der Waals surface area contributed by atoms with E-state index in [2.05, 4.69) is 10.3 Å². The molecule has 0 saturated heterocycles. The highest BCUT2D eigenvalue weighted by Crippen LogP contribution is 2.32. The van der Waals surface area contributed by atoms with Crippen molar-refractivity contribution in [1.82, 2.24) is 10.3 Å². The number of pyridine rings is 1. The van der Waals surface area contributed by atoms with Crippen LogP contribution in [0.15, 0.2) is 18.3 Å². The maximum Gasteiger partial charge on any atom is 0.433 e. The van der Waals surface area contributed by atoms with Crippen LogP contribution in [0.3, 0.4) is 0 Å².